The predicted octanol–water partition coefficient (Wildman–Crippen LogP) is 6.56. The van der Waals surface area contributed by atoms with Crippen LogP contribution in [-0.2, 0) is 16.1 Å². The first-order valence-corrected chi connectivity index (χ1v) is 14.0. The van der Waals surface area contributed by atoms with Crippen LogP contribution in [0.3, 0.4) is 0 Å². The highest BCUT2D eigenvalue weighted by molar-refractivity contribution is 5.84. The van der Waals surface area contributed by atoms with Gasteiger partial charge in [0.1, 0.15) is 6.54 Å². The fourth-order valence-corrected chi connectivity index (χ4v) is 9.30. The Hall–Kier alpha value is -1.75. The maximum Gasteiger partial charge on any atom is 0.157 e. The van der Waals surface area contributed by atoms with E-state index in [1.165, 1.54) is 51.4 Å². The lowest BCUT2D eigenvalue weighted by Gasteiger charge is -2.61. The Kier molecular flexibility index (Phi) is 6.84. The fraction of sp³-hybridized carbons (Fsp3) is 0.767. The van der Waals surface area contributed by atoms with E-state index in [1.54, 1.807) is 20.4 Å². The number of ether oxygens (including phenoxy) is 1. The van der Waals surface area contributed by atoms with Crippen molar-refractivity contribution in [2.24, 2.45) is 46.3 Å². The van der Waals surface area contributed by atoms with E-state index in [0.29, 0.717) is 17.7 Å². The summed E-state index contributed by atoms with van der Waals surface area (Å²) in [6.45, 7) is 7.99. The van der Waals surface area contributed by atoms with Gasteiger partial charge in [0.2, 0.25) is 0 Å². The standard InChI is InChI=1S/C28H39N3O.C2H6O/c1-18-8-11-27(2)20(14-18)4-5-21-22-6-7-24(28(22,3)12-9-23(21)27)26(32)17-31-25-16-29-13-10-19(25)15-30-31;1-3-2/h10,13,15-16,18,20-24H,4-9,11-12,14,17H2,1-3H3;1-2H3/t18?,20?,21?,22?,23?,24-,27?,28?;/m1./s1. The molecule has 192 valence electrons. The normalized spacial score (nSPS) is 40.3. The number of hydrogen-bond donors (Lipinski definition) is 0. The van der Waals surface area contributed by atoms with Crippen LogP contribution in [0.4, 0.5) is 0 Å². The topological polar surface area (TPSA) is 57.0 Å². The van der Waals surface area contributed by atoms with E-state index in [1.807, 2.05) is 23.1 Å². The van der Waals surface area contributed by atoms with Crippen LogP contribution < -0.4 is 0 Å². The number of hydrogen-bond acceptors (Lipinski definition) is 4. The molecule has 2 heterocycles. The number of Topliss-reactive ketones (excluding diaryl/α,β-unsaturated/α-hetero) is 1. The lowest BCUT2D eigenvalue weighted by Crippen LogP contribution is -2.53. The zero-order valence-corrected chi connectivity index (χ0v) is 22.5. The highest BCUT2D eigenvalue weighted by Crippen LogP contribution is 2.67. The third-order valence-corrected chi connectivity index (χ3v) is 11.1. The molecule has 0 aliphatic heterocycles. The maximum absolute atomic E-state index is 13.6. The van der Waals surface area contributed by atoms with E-state index in [2.05, 4.69) is 35.6 Å². The lowest BCUT2D eigenvalue weighted by molar-refractivity contribution is -0.137. The zero-order valence-electron chi connectivity index (χ0n) is 22.5. The first kappa shape index (κ1) is 24.9. The summed E-state index contributed by atoms with van der Waals surface area (Å²) in [7, 11) is 3.25. The number of nitrogens with zero attached hydrogens (tertiary/aromatic N) is 3. The summed E-state index contributed by atoms with van der Waals surface area (Å²) in [5.74, 6) is 4.93. The Morgan fingerprint density at radius 2 is 1.77 bits per heavy atom. The number of ketones is 1. The third-order valence-electron chi connectivity index (χ3n) is 11.1. The lowest BCUT2D eigenvalue weighted by atomic mass is 9.44. The van der Waals surface area contributed by atoms with Crippen molar-refractivity contribution in [2.45, 2.75) is 85.1 Å². The van der Waals surface area contributed by atoms with Gasteiger partial charge >= 0.3 is 0 Å². The highest BCUT2D eigenvalue weighted by atomic mass is 16.4. The summed E-state index contributed by atoms with van der Waals surface area (Å²) in [6, 6.07) is 1.97. The number of aromatic nitrogens is 3. The molecule has 4 aliphatic carbocycles. The van der Waals surface area contributed by atoms with E-state index in [0.717, 1.165) is 46.9 Å². The van der Waals surface area contributed by atoms with Crippen LogP contribution >= 0.6 is 0 Å². The van der Waals surface area contributed by atoms with Gasteiger partial charge in [0.15, 0.2) is 5.78 Å². The van der Waals surface area contributed by atoms with E-state index in [-0.39, 0.29) is 11.3 Å². The predicted molar refractivity (Wildman–Crippen MR) is 140 cm³/mol. The second-order valence-electron chi connectivity index (χ2n) is 12.8. The molecule has 0 bridgehead atoms. The van der Waals surface area contributed by atoms with Gasteiger partial charge in [-0.25, -0.2) is 0 Å². The molecule has 6 rings (SSSR count). The number of carbonyl (C=O) groups excluding carboxylic acids is 1. The van der Waals surface area contributed by atoms with E-state index >= 15 is 0 Å². The molecule has 0 amide bonds. The summed E-state index contributed by atoms with van der Waals surface area (Å²) in [4.78, 5) is 17.9. The average molecular weight is 480 g/mol. The Bertz CT molecular complexity index is 1050. The monoisotopic (exact) mass is 479 g/mol. The van der Waals surface area contributed by atoms with Gasteiger partial charge in [-0.15, -0.1) is 0 Å². The van der Waals surface area contributed by atoms with Crippen molar-refractivity contribution in [3.8, 4) is 0 Å². The van der Waals surface area contributed by atoms with Crippen LogP contribution in [0.5, 0.6) is 0 Å². The Morgan fingerprint density at radius 3 is 2.57 bits per heavy atom. The minimum Gasteiger partial charge on any atom is -0.388 e. The first-order chi connectivity index (χ1) is 16.8. The molecule has 35 heavy (non-hydrogen) atoms. The molecule has 0 saturated heterocycles. The Morgan fingerprint density at radius 1 is 1.03 bits per heavy atom. The Balaban J connectivity index is 0.000000806. The molecular weight excluding hydrogens is 434 g/mol. The molecule has 2 aromatic heterocycles. The summed E-state index contributed by atoms with van der Waals surface area (Å²) >= 11 is 0. The summed E-state index contributed by atoms with van der Waals surface area (Å²) < 4.78 is 6.13. The minimum absolute atomic E-state index is 0.185. The maximum atomic E-state index is 13.6. The van der Waals surface area contributed by atoms with Crippen molar-refractivity contribution in [3.63, 3.8) is 0 Å². The van der Waals surface area contributed by atoms with Crippen molar-refractivity contribution in [2.75, 3.05) is 14.2 Å². The summed E-state index contributed by atoms with van der Waals surface area (Å²) in [6.07, 6.45) is 17.6. The molecule has 7 unspecified atom stereocenters. The molecular formula is C30H45N3O2. The molecule has 5 nitrogen and oxygen atoms in total. The SMILES string of the molecule is CC1CCC2(C)C(CCC3C2CCC2(C)C3CC[C@@H]2C(=O)Cn2ncc3ccncc32)C1.COC. The van der Waals surface area contributed by atoms with Crippen molar-refractivity contribution < 1.29 is 9.53 Å². The van der Waals surface area contributed by atoms with E-state index in [4.69, 9.17) is 0 Å². The second kappa shape index (κ2) is 9.61. The number of rotatable bonds is 3. The number of methoxy groups -OCH3 is 1. The number of pyridine rings is 1. The van der Waals surface area contributed by atoms with Crippen LogP contribution in [0.25, 0.3) is 10.9 Å². The van der Waals surface area contributed by atoms with Crippen molar-refractivity contribution >= 4 is 16.7 Å². The molecule has 2 aromatic rings. The molecule has 0 aromatic carbocycles. The average Bonchev–Trinajstić information content (AvgIpc) is 3.41. The van der Waals surface area contributed by atoms with Crippen LogP contribution in [0.15, 0.2) is 24.7 Å². The molecule has 5 heteroatoms. The van der Waals surface area contributed by atoms with Gasteiger partial charge in [-0.1, -0.05) is 27.2 Å². The minimum atomic E-state index is 0.185. The fourth-order valence-electron chi connectivity index (χ4n) is 9.30. The van der Waals surface area contributed by atoms with Gasteiger partial charge in [0.25, 0.3) is 0 Å². The number of fused-ring (bicyclic) bond motifs is 6. The summed E-state index contributed by atoms with van der Waals surface area (Å²) in [5.41, 5.74) is 1.71. The largest absolute Gasteiger partial charge is 0.388 e. The molecule has 4 aliphatic rings. The highest BCUT2D eigenvalue weighted by Gasteiger charge is 2.60. The smallest absolute Gasteiger partial charge is 0.157 e. The van der Waals surface area contributed by atoms with Crippen LogP contribution in [0.1, 0.15) is 78.6 Å². The van der Waals surface area contributed by atoms with Crippen LogP contribution in [-0.4, -0.2) is 34.8 Å². The Labute approximate surface area is 211 Å². The van der Waals surface area contributed by atoms with Gasteiger partial charge < -0.3 is 4.74 Å². The van der Waals surface area contributed by atoms with Gasteiger partial charge in [-0.05, 0) is 97.9 Å². The first-order valence-electron chi connectivity index (χ1n) is 14.0. The van der Waals surface area contributed by atoms with Crippen molar-refractivity contribution in [1.29, 1.82) is 0 Å². The second-order valence-corrected chi connectivity index (χ2v) is 12.8. The zero-order chi connectivity index (χ0) is 24.8. The molecule has 0 spiro atoms. The van der Waals surface area contributed by atoms with Crippen LogP contribution in [0.2, 0.25) is 0 Å². The van der Waals surface area contributed by atoms with Gasteiger partial charge in [0, 0.05) is 31.7 Å². The van der Waals surface area contributed by atoms with E-state index in [9.17, 15) is 4.79 Å². The van der Waals surface area contributed by atoms with Crippen molar-refractivity contribution in [3.05, 3.63) is 24.7 Å². The molecule has 0 radical (unpaired) electrons. The molecule has 8 atom stereocenters. The quantitative estimate of drug-likeness (QED) is 0.500. The van der Waals surface area contributed by atoms with Crippen LogP contribution in [0, 0.1) is 46.3 Å². The summed E-state index contributed by atoms with van der Waals surface area (Å²) in [5, 5.41) is 5.58. The molecule has 4 fully saturated rings. The third kappa shape index (κ3) is 4.16. The molecule has 4 saturated carbocycles. The van der Waals surface area contributed by atoms with Gasteiger partial charge in [-0.3, -0.25) is 14.5 Å². The van der Waals surface area contributed by atoms with Gasteiger partial charge in [-0.2, -0.15) is 5.10 Å². The molecule has 0 N–H and O–H groups in total. The van der Waals surface area contributed by atoms with Crippen molar-refractivity contribution in [1.82, 2.24) is 14.8 Å². The number of carbonyl (C=O) groups is 1. The van der Waals surface area contributed by atoms with E-state index < -0.39 is 0 Å². The van der Waals surface area contributed by atoms with Gasteiger partial charge in [0.05, 0.1) is 17.9 Å².